The average molecular weight is 661 g/mol. The van der Waals surface area contributed by atoms with Crippen molar-refractivity contribution < 1.29 is 29.3 Å². The second-order valence-electron chi connectivity index (χ2n) is 13.2. The number of aliphatic carboxylic acids is 1. The predicted octanol–water partition coefficient (Wildman–Crippen LogP) is 6.62. The number of rotatable bonds is 15. The highest BCUT2D eigenvalue weighted by molar-refractivity contribution is 5.91. The number of aromatic nitrogens is 1. The molecule has 9 nitrogen and oxygen atoms in total. The number of aliphatic hydroxyl groups is 2. The number of hydrogen-bond donors (Lipinski definition) is 5. The van der Waals surface area contributed by atoms with Crippen LogP contribution in [0.1, 0.15) is 80.7 Å². The third kappa shape index (κ3) is 10.2. The summed E-state index contributed by atoms with van der Waals surface area (Å²) in [6.07, 6.45) is 5.89. The van der Waals surface area contributed by atoms with Crippen molar-refractivity contribution in [2.24, 2.45) is 0 Å². The van der Waals surface area contributed by atoms with Gasteiger partial charge in [0.15, 0.2) is 0 Å². The number of nitrogens with one attached hydrogen (secondary N) is 2. The van der Waals surface area contributed by atoms with Crippen LogP contribution in [0.4, 0.5) is 14.9 Å². The summed E-state index contributed by atoms with van der Waals surface area (Å²) < 4.78 is 14.1. The maximum Gasteiger partial charge on any atom is 0.319 e. The zero-order valence-corrected chi connectivity index (χ0v) is 28.4. The molecule has 3 aromatic rings. The number of benzene rings is 2. The number of fused-ring (bicyclic) bond motifs is 3. The molecule has 10 heteroatoms. The molecule has 1 aromatic heterocycles. The lowest BCUT2D eigenvalue weighted by molar-refractivity contribution is -0.139. The van der Waals surface area contributed by atoms with E-state index in [0.717, 1.165) is 83.4 Å². The third-order valence-electron chi connectivity index (χ3n) is 8.51. The first-order chi connectivity index (χ1) is 22.9. The number of pyridine rings is 1. The molecule has 258 valence electrons. The van der Waals surface area contributed by atoms with Crippen LogP contribution in [0.3, 0.4) is 0 Å². The lowest BCUT2D eigenvalue weighted by Crippen LogP contribution is -2.29. The molecule has 1 aliphatic rings. The summed E-state index contributed by atoms with van der Waals surface area (Å²) in [5.74, 6) is -1.49. The molecule has 5 N–H and O–H groups in total. The van der Waals surface area contributed by atoms with Gasteiger partial charge < -0.3 is 30.9 Å². The van der Waals surface area contributed by atoms with Crippen molar-refractivity contribution in [3.8, 4) is 22.4 Å². The number of carbonyl (C=O) groups is 2. The number of amides is 2. The Labute approximate surface area is 282 Å². The molecule has 1 heterocycles. The van der Waals surface area contributed by atoms with Crippen LogP contribution in [0.25, 0.3) is 28.5 Å². The number of carboxylic acid groups (broad SMARTS) is 1. The number of unbranched alkanes of at least 4 members (excludes halogenated alkanes) is 2. The normalized spacial score (nSPS) is 14.0. The van der Waals surface area contributed by atoms with Crippen LogP contribution in [-0.2, 0) is 17.6 Å². The Morgan fingerprint density at radius 1 is 1.04 bits per heavy atom. The SMILES string of the molecule is CC(C)c1nc2c(c(-c3ccc(F)cc3)c1/C=C/[C@@H](O)C[C@@H](O)CC(=O)O)CCCc1cc(NC(=O)NCCCCCN(C)C)ccc1-2. The van der Waals surface area contributed by atoms with Gasteiger partial charge in [0.2, 0.25) is 0 Å². The minimum Gasteiger partial charge on any atom is -0.481 e. The van der Waals surface area contributed by atoms with E-state index in [1.807, 2.05) is 32.0 Å². The molecule has 0 radical (unpaired) electrons. The number of urea groups is 1. The van der Waals surface area contributed by atoms with E-state index < -0.39 is 24.6 Å². The fraction of sp³-hybridized carbons (Fsp3) is 0.447. The van der Waals surface area contributed by atoms with Gasteiger partial charge in [-0.2, -0.15) is 0 Å². The van der Waals surface area contributed by atoms with Crippen LogP contribution < -0.4 is 10.6 Å². The molecule has 0 aliphatic heterocycles. The molecular weight excluding hydrogens is 611 g/mol. The van der Waals surface area contributed by atoms with Gasteiger partial charge in [0.1, 0.15) is 5.82 Å². The smallest absolute Gasteiger partial charge is 0.319 e. The van der Waals surface area contributed by atoms with Crippen LogP contribution in [0, 0.1) is 5.82 Å². The molecule has 0 saturated heterocycles. The monoisotopic (exact) mass is 660 g/mol. The molecule has 0 saturated carbocycles. The number of anilines is 1. The second kappa shape index (κ2) is 17.3. The Bertz CT molecular complexity index is 1590. The molecule has 2 amide bonds. The number of carboxylic acids is 1. The number of aliphatic hydroxyl groups excluding tert-OH is 2. The van der Waals surface area contributed by atoms with Crippen LogP contribution in [0.15, 0.2) is 48.5 Å². The zero-order valence-electron chi connectivity index (χ0n) is 28.4. The molecule has 2 atom stereocenters. The number of carbonyl (C=O) groups excluding carboxylic acids is 1. The highest BCUT2D eigenvalue weighted by Gasteiger charge is 2.26. The van der Waals surface area contributed by atoms with Crippen molar-refractivity contribution in [2.75, 3.05) is 32.5 Å². The van der Waals surface area contributed by atoms with Gasteiger partial charge in [0, 0.05) is 29.8 Å². The molecule has 0 unspecified atom stereocenters. The minimum atomic E-state index is -1.19. The molecule has 0 spiro atoms. The van der Waals surface area contributed by atoms with Gasteiger partial charge in [0.25, 0.3) is 0 Å². The Kier molecular flexibility index (Phi) is 13.3. The van der Waals surface area contributed by atoms with E-state index in [9.17, 15) is 24.2 Å². The summed E-state index contributed by atoms with van der Waals surface area (Å²) in [5, 5.41) is 35.7. The van der Waals surface area contributed by atoms with Crippen molar-refractivity contribution in [3.05, 3.63) is 76.7 Å². The summed E-state index contributed by atoms with van der Waals surface area (Å²) in [5.41, 5.74) is 7.93. The maximum atomic E-state index is 14.1. The first-order valence-corrected chi connectivity index (χ1v) is 16.8. The van der Waals surface area contributed by atoms with Gasteiger partial charge in [-0.1, -0.05) is 50.6 Å². The fourth-order valence-electron chi connectivity index (χ4n) is 6.20. The lowest BCUT2D eigenvalue weighted by atomic mass is 9.86. The first kappa shape index (κ1) is 36.7. The van der Waals surface area contributed by atoms with Crippen LogP contribution >= 0.6 is 0 Å². The van der Waals surface area contributed by atoms with Crippen LogP contribution in [-0.4, -0.2) is 76.6 Å². The molecule has 1 aliphatic carbocycles. The van der Waals surface area contributed by atoms with E-state index in [1.54, 1.807) is 24.3 Å². The fourth-order valence-corrected chi connectivity index (χ4v) is 6.20. The summed E-state index contributed by atoms with van der Waals surface area (Å²) in [7, 11) is 4.11. The predicted molar refractivity (Wildman–Crippen MR) is 189 cm³/mol. The molecule has 4 rings (SSSR count). The summed E-state index contributed by atoms with van der Waals surface area (Å²) >= 11 is 0. The molecular formula is C38H49FN4O5. The largest absolute Gasteiger partial charge is 0.481 e. The van der Waals surface area contributed by atoms with E-state index in [2.05, 4.69) is 29.6 Å². The van der Waals surface area contributed by atoms with Crippen molar-refractivity contribution in [2.45, 2.75) is 83.3 Å². The summed E-state index contributed by atoms with van der Waals surface area (Å²) in [6, 6.07) is 12.0. The first-order valence-electron chi connectivity index (χ1n) is 16.8. The van der Waals surface area contributed by atoms with Gasteiger partial charge in [-0.05, 0) is 105 Å². The highest BCUT2D eigenvalue weighted by atomic mass is 19.1. The zero-order chi connectivity index (χ0) is 34.8. The average Bonchev–Trinajstić information content (AvgIpc) is 3.19. The molecule has 0 fully saturated rings. The van der Waals surface area contributed by atoms with E-state index in [1.165, 1.54) is 12.1 Å². The quantitative estimate of drug-likeness (QED) is 0.116. The molecule has 0 bridgehead atoms. The van der Waals surface area contributed by atoms with Gasteiger partial charge >= 0.3 is 12.0 Å². The highest BCUT2D eigenvalue weighted by Crippen LogP contribution is 2.42. The van der Waals surface area contributed by atoms with E-state index in [0.29, 0.717) is 18.7 Å². The Morgan fingerprint density at radius 2 is 1.79 bits per heavy atom. The number of nitrogens with zero attached hydrogens (tertiary/aromatic N) is 2. The second-order valence-corrected chi connectivity index (χ2v) is 13.2. The van der Waals surface area contributed by atoms with Crippen LogP contribution in [0.5, 0.6) is 0 Å². The van der Waals surface area contributed by atoms with Crippen molar-refractivity contribution in [1.82, 2.24) is 15.2 Å². The van der Waals surface area contributed by atoms with E-state index in [-0.39, 0.29) is 24.2 Å². The minimum absolute atomic E-state index is 0.0110. The Morgan fingerprint density at radius 3 is 2.48 bits per heavy atom. The van der Waals surface area contributed by atoms with Gasteiger partial charge in [-0.3, -0.25) is 9.78 Å². The summed E-state index contributed by atoms with van der Waals surface area (Å²) in [4.78, 5) is 31.0. The third-order valence-corrected chi connectivity index (χ3v) is 8.51. The van der Waals surface area contributed by atoms with Crippen molar-refractivity contribution >= 4 is 23.8 Å². The molecule has 48 heavy (non-hydrogen) atoms. The summed E-state index contributed by atoms with van der Waals surface area (Å²) in [6.45, 7) is 5.73. The standard InChI is InChI=1S/C38H49FN4O5/c1-24(2)36-33(18-16-29(44)22-30(45)23-34(46)47)35(25-11-13-27(39)14-12-25)32-10-8-9-26-21-28(15-17-31(26)37(32)42-36)41-38(48)40-19-6-5-7-20-43(3)4/h11-18,21,24,29-30,44-45H,5-10,19-20,22-23H2,1-4H3,(H,46,47)(H2,40,41,48)/b18-16+/t29-,30-/m1/s1. The Hall–Kier alpha value is -4.12. The van der Waals surface area contributed by atoms with Crippen molar-refractivity contribution in [3.63, 3.8) is 0 Å². The van der Waals surface area contributed by atoms with E-state index >= 15 is 0 Å². The number of aryl methyl sites for hydroxylation is 1. The van der Waals surface area contributed by atoms with Crippen molar-refractivity contribution in [1.29, 1.82) is 0 Å². The Balaban J connectivity index is 1.67. The van der Waals surface area contributed by atoms with Gasteiger partial charge in [0.05, 0.1) is 30.0 Å². The topological polar surface area (TPSA) is 135 Å². The number of hydrogen-bond acceptors (Lipinski definition) is 6. The lowest BCUT2D eigenvalue weighted by Gasteiger charge is -2.22. The van der Waals surface area contributed by atoms with Gasteiger partial charge in [-0.15, -0.1) is 0 Å². The van der Waals surface area contributed by atoms with Gasteiger partial charge in [-0.25, -0.2) is 9.18 Å². The van der Waals surface area contributed by atoms with E-state index in [4.69, 9.17) is 10.1 Å². The van der Waals surface area contributed by atoms with Crippen LogP contribution in [0.2, 0.25) is 0 Å². The number of halogens is 1. The molecule has 2 aromatic carbocycles. The maximum absolute atomic E-state index is 14.1.